The van der Waals surface area contributed by atoms with Gasteiger partial charge in [-0.2, -0.15) is 0 Å². The molecule has 5 aliphatic rings. The summed E-state index contributed by atoms with van der Waals surface area (Å²) in [6, 6.07) is 0. The highest BCUT2D eigenvalue weighted by atomic mass is 16.5. The lowest BCUT2D eigenvalue weighted by Gasteiger charge is -2.63. The highest BCUT2D eigenvalue weighted by Gasteiger charge is 2.69. The van der Waals surface area contributed by atoms with Crippen LogP contribution in [-0.4, -0.2) is 45.7 Å². The second-order valence-electron chi connectivity index (χ2n) is 10.4. The van der Waals surface area contributed by atoms with Crippen LogP contribution in [0.2, 0.25) is 0 Å². The molecule has 5 rings (SSSR count). The van der Waals surface area contributed by atoms with Gasteiger partial charge in [0.05, 0.1) is 17.8 Å². The number of fused-ring (bicyclic) bond motifs is 5. The van der Waals surface area contributed by atoms with E-state index in [0.717, 1.165) is 37.7 Å². The lowest BCUT2D eigenvalue weighted by atomic mass is 9.44. The van der Waals surface area contributed by atoms with Gasteiger partial charge in [0.25, 0.3) is 0 Å². The number of esters is 1. The molecule has 5 nitrogen and oxygen atoms in total. The fraction of sp³-hybridized carbons (Fsp3) is 0.783. The van der Waals surface area contributed by atoms with Gasteiger partial charge in [0.2, 0.25) is 0 Å². The molecule has 0 aromatic carbocycles. The summed E-state index contributed by atoms with van der Waals surface area (Å²) < 4.78 is 5.16. The molecule has 1 heterocycles. The van der Waals surface area contributed by atoms with Gasteiger partial charge in [0, 0.05) is 11.5 Å². The maximum Gasteiger partial charge on any atom is 0.331 e. The predicted octanol–water partition coefficient (Wildman–Crippen LogP) is 2.50. The third kappa shape index (κ3) is 2.27. The smallest absolute Gasteiger partial charge is 0.331 e. The van der Waals surface area contributed by atoms with Crippen molar-refractivity contribution in [3.05, 3.63) is 23.3 Å². The Labute approximate surface area is 166 Å². The zero-order chi connectivity index (χ0) is 19.9. The number of rotatable bonds is 1. The maximum absolute atomic E-state index is 12.1. The van der Waals surface area contributed by atoms with Gasteiger partial charge < -0.3 is 20.1 Å². The normalized spacial score (nSPS) is 52.9. The van der Waals surface area contributed by atoms with Crippen molar-refractivity contribution in [3.63, 3.8) is 0 Å². The van der Waals surface area contributed by atoms with E-state index in [0.29, 0.717) is 19.4 Å². The van der Waals surface area contributed by atoms with E-state index < -0.39 is 17.1 Å². The summed E-state index contributed by atoms with van der Waals surface area (Å²) >= 11 is 0. The second kappa shape index (κ2) is 5.93. The average Bonchev–Trinajstić information content (AvgIpc) is 3.16. The van der Waals surface area contributed by atoms with Crippen LogP contribution in [-0.2, 0) is 9.53 Å². The first-order valence-corrected chi connectivity index (χ1v) is 10.9. The number of ether oxygens (including phenoxy) is 1. The summed E-state index contributed by atoms with van der Waals surface area (Å²) in [6.45, 7) is 4.67. The van der Waals surface area contributed by atoms with Crippen LogP contribution in [0.5, 0.6) is 0 Å². The van der Waals surface area contributed by atoms with Crippen LogP contribution < -0.4 is 0 Å². The molecule has 1 aliphatic heterocycles. The molecule has 0 aromatic rings. The monoisotopic (exact) mass is 388 g/mol. The number of aliphatic hydroxyl groups is 3. The maximum atomic E-state index is 12.1. The fourth-order valence-corrected chi connectivity index (χ4v) is 7.97. The van der Waals surface area contributed by atoms with Crippen molar-refractivity contribution in [1.82, 2.24) is 0 Å². The van der Waals surface area contributed by atoms with Crippen LogP contribution in [0.1, 0.15) is 58.8 Å². The van der Waals surface area contributed by atoms with Crippen molar-refractivity contribution in [3.8, 4) is 0 Å². The van der Waals surface area contributed by atoms with E-state index in [1.54, 1.807) is 6.08 Å². The van der Waals surface area contributed by atoms with E-state index in [4.69, 9.17) is 4.74 Å². The number of aliphatic hydroxyl groups excluding tert-OH is 2. The Balaban J connectivity index is 1.54. The van der Waals surface area contributed by atoms with E-state index in [1.807, 2.05) is 6.08 Å². The summed E-state index contributed by atoms with van der Waals surface area (Å²) in [5.41, 5.74) is 0.823. The molecule has 0 unspecified atom stereocenters. The molecule has 3 fully saturated rings. The number of allylic oxidation sites excluding steroid dienone is 1. The topological polar surface area (TPSA) is 87.0 Å². The Kier molecular flexibility index (Phi) is 3.99. The van der Waals surface area contributed by atoms with E-state index >= 15 is 0 Å². The first-order chi connectivity index (χ1) is 13.2. The van der Waals surface area contributed by atoms with Crippen molar-refractivity contribution in [2.45, 2.75) is 76.6 Å². The molecule has 4 aliphatic carbocycles. The van der Waals surface area contributed by atoms with Crippen LogP contribution in [0.3, 0.4) is 0 Å². The zero-order valence-corrected chi connectivity index (χ0v) is 16.9. The average molecular weight is 389 g/mol. The zero-order valence-electron chi connectivity index (χ0n) is 16.9. The van der Waals surface area contributed by atoms with Crippen LogP contribution >= 0.6 is 0 Å². The van der Waals surface area contributed by atoms with Crippen molar-refractivity contribution in [2.24, 2.45) is 28.6 Å². The largest absolute Gasteiger partial charge is 0.458 e. The first kappa shape index (κ1) is 18.8. The minimum Gasteiger partial charge on any atom is -0.458 e. The lowest BCUT2D eigenvalue weighted by molar-refractivity contribution is -0.217. The summed E-state index contributed by atoms with van der Waals surface area (Å²) in [7, 11) is 0. The number of carbonyl (C=O) groups is 1. The molecule has 154 valence electrons. The summed E-state index contributed by atoms with van der Waals surface area (Å²) in [5.74, 6) is -0.143. The minimum atomic E-state index is -0.835. The molecule has 0 radical (unpaired) electrons. The predicted molar refractivity (Wildman–Crippen MR) is 103 cm³/mol. The molecule has 3 N–H and O–H groups in total. The SMILES string of the molecule is C[C@]12CC[C@H](O)C=C1CC[C@@H]1[C@@H]2[C@H](O)C[C@]2(C)[C@@H](C3=CC(=O)OC3)CC[C@]12O. The van der Waals surface area contributed by atoms with Gasteiger partial charge >= 0.3 is 5.97 Å². The minimum absolute atomic E-state index is 0.0206. The van der Waals surface area contributed by atoms with E-state index in [1.165, 1.54) is 5.57 Å². The quantitative estimate of drug-likeness (QED) is 0.475. The Morgan fingerprint density at radius 2 is 1.93 bits per heavy atom. The van der Waals surface area contributed by atoms with Crippen LogP contribution in [0.15, 0.2) is 23.3 Å². The summed E-state index contributed by atoms with van der Waals surface area (Å²) in [4.78, 5) is 11.6. The van der Waals surface area contributed by atoms with Gasteiger partial charge in [0.15, 0.2) is 0 Å². The molecule has 0 bridgehead atoms. The number of hydrogen-bond donors (Lipinski definition) is 3. The van der Waals surface area contributed by atoms with E-state index in [2.05, 4.69) is 13.8 Å². The Morgan fingerprint density at radius 1 is 1.14 bits per heavy atom. The Morgan fingerprint density at radius 3 is 2.64 bits per heavy atom. The molecule has 0 aromatic heterocycles. The van der Waals surface area contributed by atoms with Crippen LogP contribution in [0.25, 0.3) is 0 Å². The highest BCUT2D eigenvalue weighted by molar-refractivity contribution is 5.85. The van der Waals surface area contributed by atoms with Crippen molar-refractivity contribution in [1.29, 1.82) is 0 Å². The highest BCUT2D eigenvalue weighted by Crippen LogP contribution is 2.69. The number of cyclic esters (lactones) is 1. The molecule has 0 saturated heterocycles. The molecular weight excluding hydrogens is 356 g/mol. The molecule has 5 heteroatoms. The molecule has 28 heavy (non-hydrogen) atoms. The van der Waals surface area contributed by atoms with Gasteiger partial charge in [-0.15, -0.1) is 0 Å². The molecular formula is C23H32O5. The molecule has 0 amide bonds. The molecule has 0 spiro atoms. The van der Waals surface area contributed by atoms with E-state index in [-0.39, 0.29) is 35.2 Å². The Hall–Kier alpha value is -1.17. The molecule has 3 saturated carbocycles. The van der Waals surface area contributed by atoms with E-state index in [9.17, 15) is 20.1 Å². The van der Waals surface area contributed by atoms with Crippen LogP contribution in [0.4, 0.5) is 0 Å². The van der Waals surface area contributed by atoms with Crippen molar-refractivity contribution >= 4 is 5.97 Å². The third-order valence-corrected chi connectivity index (χ3v) is 9.35. The van der Waals surface area contributed by atoms with Gasteiger partial charge in [-0.25, -0.2) is 4.79 Å². The van der Waals surface area contributed by atoms with Crippen LogP contribution in [0, 0.1) is 28.6 Å². The molecule has 8 atom stereocenters. The Bertz CT molecular complexity index is 771. The fourth-order valence-electron chi connectivity index (χ4n) is 7.97. The van der Waals surface area contributed by atoms with Gasteiger partial charge in [-0.3, -0.25) is 0 Å². The lowest BCUT2D eigenvalue weighted by Crippen LogP contribution is -2.65. The van der Waals surface area contributed by atoms with Gasteiger partial charge in [0.1, 0.15) is 6.61 Å². The van der Waals surface area contributed by atoms with Crippen molar-refractivity contribution < 1.29 is 24.9 Å². The summed E-state index contributed by atoms with van der Waals surface area (Å²) in [5, 5.41) is 33.6. The number of carbonyl (C=O) groups excluding carboxylic acids is 1. The first-order valence-electron chi connectivity index (χ1n) is 10.9. The van der Waals surface area contributed by atoms with Gasteiger partial charge in [-0.1, -0.05) is 25.5 Å². The standard InChI is InChI=1S/C23H32O5/c1-21-7-5-15(24)10-14(21)3-4-17-20(21)18(25)11-22(2)16(6-8-23(17,22)27)13-9-19(26)28-12-13/h9-10,15-18,20,24-25,27H,3-8,11-12H2,1-2H3/t15-,16+,17+,18+,20+,21-,22+,23-/m0/s1. The third-order valence-electron chi connectivity index (χ3n) is 9.35. The number of hydrogen-bond acceptors (Lipinski definition) is 5. The van der Waals surface area contributed by atoms with Crippen molar-refractivity contribution in [2.75, 3.05) is 6.61 Å². The van der Waals surface area contributed by atoms with Gasteiger partial charge in [-0.05, 0) is 73.7 Å². The summed E-state index contributed by atoms with van der Waals surface area (Å²) in [6.07, 6.45) is 8.16. The second-order valence-corrected chi connectivity index (χ2v) is 10.4.